The second-order valence-corrected chi connectivity index (χ2v) is 6.77. The molecule has 1 aliphatic rings. The van der Waals surface area contributed by atoms with Crippen molar-refractivity contribution in [3.8, 4) is 0 Å². The minimum atomic E-state index is -0.645. The number of aliphatic hydroxyl groups excluding tert-OH is 1. The van der Waals surface area contributed by atoms with E-state index in [0.717, 1.165) is 25.7 Å². The van der Waals surface area contributed by atoms with Crippen LogP contribution in [0.5, 0.6) is 0 Å². The van der Waals surface area contributed by atoms with Crippen molar-refractivity contribution in [3.63, 3.8) is 0 Å². The Balaban J connectivity index is 2.33. The minimum Gasteiger partial charge on any atom is -0.388 e. The molecule has 1 aliphatic carbocycles. The first-order valence-electron chi connectivity index (χ1n) is 7.36. The quantitative estimate of drug-likeness (QED) is 0.854. The highest BCUT2D eigenvalue weighted by Crippen LogP contribution is 2.49. The monoisotopic (exact) mass is 315 g/mol. The molecule has 4 heteroatoms. The Kier molecular flexibility index (Phi) is 5.36. The standard InChI is InChI=1S/C16H23Cl2NO/c1-2-11-5-4-8-16(9-11,10-19)15(20)12-6-3-7-13(17)14(12)18/h3,6-7,11,15,20H,2,4-5,8-10,19H2,1H3. The normalized spacial score (nSPS) is 28.4. The number of hydrogen-bond acceptors (Lipinski definition) is 2. The molecule has 3 unspecified atom stereocenters. The molecule has 0 heterocycles. The molecular weight excluding hydrogens is 293 g/mol. The third-order valence-electron chi connectivity index (χ3n) is 4.82. The van der Waals surface area contributed by atoms with Gasteiger partial charge in [-0.1, -0.05) is 61.5 Å². The topological polar surface area (TPSA) is 46.2 Å². The van der Waals surface area contributed by atoms with Crippen LogP contribution in [0.1, 0.15) is 50.7 Å². The van der Waals surface area contributed by atoms with Gasteiger partial charge in [0.05, 0.1) is 16.1 Å². The maximum absolute atomic E-state index is 10.9. The molecular formula is C16H23Cl2NO. The van der Waals surface area contributed by atoms with Gasteiger partial charge in [-0.2, -0.15) is 0 Å². The van der Waals surface area contributed by atoms with E-state index in [-0.39, 0.29) is 5.41 Å². The van der Waals surface area contributed by atoms with Gasteiger partial charge in [-0.3, -0.25) is 0 Å². The zero-order chi connectivity index (χ0) is 14.8. The predicted molar refractivity (Wildman–Crippen MR) is 85.2 cm³/mol. The fourth-order valence-electron chi connectivity index (χ4n) is 3.48. The zero-order valence-electron chi connectivity index (χ0n) is 11.9. The smallest absolute Gasteiger partial charge is 0.0873 e. The second-order valence-electron chi connectivity index (χ2n) is 5.98. The predicted octanol–water partition coefficient (Wildman–Crippen LogP) is 4.57. The Hall–Kier alpha value is -0.280. The summed E-state index contributed by atoms with van der Waals surface area (Å²) in [6.07, 6.45) is 4.75. The molecule has 20 heavy (non-hydrogen) atoms. The first kappa shape index (κ1) is 16.1. The van der Waals surface area contributed by atoms with E-state index in [0.29, 0.717) is 28.1 Å². The van der Waals surface area contributed by atoms with Crippen LogP contribution in [-0.2, 0) is 0 Å². The Morgan fingerprint density at radius 3 is 2.85 bits per heavy atom. The summed E-state index contributed by atoms with van der Waals surface area (Å²) in [5.41, 5.74) is 6.48. The highest BCUT2D eigenvalue weighted by molar-refractivity contribution is 6.42. The van der Waals surface area contributed by atoms with E-state index in [4.69, 9.17) is 28.9 Å². The van der Waals surface area contributed by atoms with Crippen LogP contribution in [0, 0.1) is 11.3 Å². The van der Waals surface area contributed by atoms with Crippen LogP contribution in [-0.4, -0.2) is 11.7 Å². The van der Waals surface area contributed by atoms with Crippen molar-refractivity contribution in [2.45, 2.75) is 45.1 Å². The van der Waals surface area contributed by atoms with Crippen LogP contribution < -0.4 is 5.73 Å². The van der Waals surface area contributed by atoms with Gasteiger partial charge in [-0.25, -0.2) is 0 Å². The largest absolute Gasteiger partial charge is 0.388 e. The third-order valence-corrected chi connectivity index (χ3v) is 5.66. The van der Waals surface area contributed by atoms with Crippen molar-refractivity contribution in [3.05, 3.63) is 33.8 Å². The summed E-state index contributed by atoms with van der Waals surface area (Å²) in [6, 6.07) is 5.42. The minimum absolute atomic E-state index is 0.271. The molecule has 0 spiro atoms. The van der Waals surface area contributed by atoms with Gasteiger partial charge in [0.2, 0.25) is 0 Å². The average molecular weight is 316 g/mol. The lowest BCUT2D eigenvalue weighted by atomic mass is 9.64. The first-order valence-corrected chi connectivity index (χ1v) is 8.11. The molecule has 1 fully saturated rings. The summed E-state index contributed by atoms with van der Waals surface area (Å²) in [7, 11) is 0. The van der Waals surface area contributed by atoms with E-state index in [1.807, 2.05) is 12.1 Å². The van der Waals surface area contributed by atoms with Crippen LogP contribution >= 0.6 is 23.2 Å². The third kappa shape index (κ3) is 2.99. The molecule has 2 rings (SSSR count). The van der Waals surface area contributed by atoms with Gasteiger partial charge in [0.15, 0.2) is 0 Å². The lowest BCUT2D eigenvalue weighted by molar-refractivity contribution is -0.0161. The average Bonchev–Trinajstić information content (AvgIpc) is 2.49. The van der Waals surface area contributed by atoms with E-state index in [1.54, 1.807) is 6.07 Å². The number of hydrogen-bond donors (Lipinski definition) is 2. The van der Waals surface area contributed by atoms with E-state index in [2.05, 4.69) is 6.92 Å². The summed E-state index contributed by atoms with van der Waals surface area (Å²) < 4.78 is 0. The van der Waals surface area contributed by atoms with Gasteiger partial charge in [0, 0.05) is 17.5 Å². The van der Waals surface area contributed by atoms with Crippen LogP contribution in [0.2, 0.25) is 10.0 Å². The van der Waals surface area contributed by atoms with Crippen molar-refractivity contribution in [1.29, 1.82) is 0 Å². The van der Waals surface area contributed by atoms with Crippen LogP contribution in [0.3, 0.4) is 0 Å². The van der Waals surface area contributed by atoms with E-state index < -0.39 is 6.10 Å². The van der Waals surface area contributed by atoms with Crippen LogP contribution in [0.15, 0.2) is 18.2 Å². The van der Waals surface area contributed by atoms with E-state index in [9.17, 15) is 5.11 Å². The van der Waals surface area contributed by atoms with E-state index >= 15 is 0 Å². The molecule has 0 aromatic heterocycles. The Morgan fingerprint density at radius 1 is 1.45 bits per heavy atom. The fourth-order valence-corrected chi connectivity index (χ4v) is 3.89. The zero-order valence-corrected chi connectivity index (χ0v) is 13.4. The van der Waals surface area contributed by atoms with Gasteiger partial charge in [0.25, 0.3) is 0 Å². The highest BCUT2D eigenvalue weighted by Gasteiger charge is 2.42. The number of benzene rings is 1. The van der Waals surface area contributed by atoms with Gasteiger partial charge < -0.3 is 10.8 Å². The van der Waals surface area contributed by atoms with Crippen LogP contribution in [0.25, 0.3) is 0 Å². The Bertz CT molecular complexity index is 466. The first-order chi connectivity index (χ1) is 9.54. The summed E-state index contributed by atoms with van der Waals surface area (Å²) >= 11 is 12.3. The molecule has 0 saturated heterocycles. The van der Waals surface area contributed by atoms with Crippen molar-refractivity contribution in [2.24, 2.45) is 17.1 Å². The number of halogens is 2. The number of aliphatic hydroxyl groups is 1. The van der Waals surface area contributed by atoms with E-state index in [1.165, 1.54) is 6.42 Å². The van der Waals surface area contributed by atoms with Gasteiger partial charge in [0.1, 0.15) is 0 Å². The fraction of sp³-hybridized carbons (Fsp3) is 0.625. The lowest BCUT2D eigenvalue weighted by Gasteiger charge is -2.43. The number of nitrogens with two attached hydrogens (primary N) is 1. The van der Waals surface area contributed by atoms with Gasteiger partial charge >= 0.3 is 0 Å². The second kappa shape index (κ2) is 6.65. The molecule has 0 bridgehead atoms. The van der Waals surface area contributed by atoms with Crippen molar-refractivity contribution >= 4 is 23.2 Å². The molecule has 1 aromatic rings. The summed E-state index contributed by atoms with van der Waals surface area (Å²) in [5, 5.41) is 11.8. The molecule has 112 valence electrons. The molecule has 1 aromatic carbocycles. The molecule has 1 saturated carbocycles. The molecule has 2 nitrogen and oxygen atoms in total. The SMILES string of the molecule is CCC1CCCC(CN)(C(O)c2cccc(Cl)c2Cl)C1. The number of rotatable bonds is 4. The van der Waals surface area contributed by atoms with Gasteiger partial charge in [-0.15, -0.1) is 0 Å². The maximum atomic E-state index is 10.9. The molecule has 0 amide bonds. The summed E-state index contributed by atoms with van der Waals surface area (Å²) in [4.78, 5) is 0. The van der Waals surface area contributed by atoms with Crippen molar-refractivity contribution in [1.82, 2.24) is 0 Å². The maximum Gasteiger partial charge on any atom is 0.0873 e. The summed E-state index contributed by atoms with van der Waals surface area (Å²) in [6.45, 7) is 2.68. The molecule has 3 N–H and O–H groups in total. The van der Waals surface area contributed by atoms with Gasteiger partial charge in [-0.05, 0) is 24.8 Å². The molecule has 0 radical (unpaired) electrons. The van der Waals surface area contributed by atoms with Crippen LogP contribution in [0.4, 0.5) is 0 Å². The molecule has 0 aliphatic heterocycles. The van der Waals surface area contributed by atoms with Crippen molar-refractivity contribution < 1.29 is 5.11 Å². The molecule has 3 atom stereocenters. The Morgan fingerprint density at radius 2 is 2.20 bits per heavy atom. The van der Waals surface area contributed by atoms with Crippen molar-refractivity contribution in [2.75, 3.05) is 6.54 Å². The Labute approximate surface area is 131 Å². The lowest BCUT2D eigenvalue weighted by Crippen LogP contribution is -2.41. The summed E-state index contributed by atoms with van der Waals surface area (Å²) in [5.74, 6) is 0.639. The highest BCUT2D eigenvalue weighted by atomic mass is 35.5.